The van der Waals surface area contributed by atoms with Crippen molar-refractivity contribution in [1.82, 2.24) is 4.90 Å². The van der Waals surface area contributed by atoms with E-state index < -0.39 is 0 Å². The van der Waals surface area contributed by atoms with Gasteiger partial charge in [-0.25, -0.2) is 0 Å². The Hall–Kier alpha value is -2.26. The van der Waals surface area contributed by atoms with Crippen molar-refractivity contribution in [3.63, 3.8) is 0 Å². The molecule has 0 bridgehead atoms. The van der Waals surface area contributed by atoms with Crippen molar-refractivity contribution in [1.29, 1.82) is 5.26 Å². The van der Waals surface area contributed by atoms with E-state index >= 15 is 0 Å². The van der Waals surface area contributed by atoms with Crippen LogP contribution >= 0.6 is 15.9 Å². The minimum Gasteiger partial charge on any atom is -0.493 e. The topological polar surface area (TPSA) is 62.6 Å². The Kier molecular flexibility index (Phi) is 6.67. The molecular formula is C16H17BrN2O3. The van der Waals surface area contributed by atoms with Crippen LogP contribution in [-0.4, -0.2) is 38.6 Å². The standard InChI is InChI=1S/C16H17BrN2O3/c1-5-6-22-15-9-13(17)11(8-14(15)21-4)7-12(10-18)16(20)19(2)3/h5,7-9H,1,6H2,2-4H3/b12-7-. The van der Waals surface area contributed by atoms with Gasteiger partial charge in [-0.2, -0.15) is 5.26 Å². The number of hydrogen-bond donors (Lipinski definition) is 0. The minimum absolute atomic E-state index is 0.0347. The number of benzene rings is 1. The lowest BCUT2D eigenvalue weighted by atomic mass is 10.1. The van der Waals surface area contributed by atoms with E-state index in [2.05, 4.69) is 22.5 Å². The van der Waals surface area contributed by atoms with E-state index in [1.807, 2.05) is 6.07 Å². The number of nitriles is 1. The fourth-order valence-corrected chi connectivity index (χ4v) is 2.06. The number of carbonyl (C=O) groups excluding carboxylic acids is 1. The van der Waals surface area contributed by atoms with Crippen molar-refractivity contribution in [3.8, 4) is 17.6 Å². The molecule has 22 heavy (non-hydrogen) atoms. The molecule has 1 rings (SSSR count). The third-order valence-corrected chi connectivity index (χ3v) is 3.38. The molecule has 0 aliphatic heterocycles. The van der Waals surface area contributed by atoms with Crippen LogP contribution in [0.2, 0.25) is 0 Å². The molecule has 0 atom stereocenters. The normalized spacial score (nSPS) is 10.6. The average Bonchev–Trinajstić information content (AvgIpc) is 2.51. The fraction of sp³-hybridized carbons (Fsp3) is 0.250. The average molecular weight is 365 g/mol. The number of amides is 1. The molecule has 0 heterocycles. The molecule has 0 aliphatic carbocycles. The van der Waals surface area contributed by atoms with Crippen LogP contribution in [0, 0.1) is 11.3 Å². The second-order valence-corrected chi connectivity index (χ2v) is 5.35. The summed E-state index contributed by atoms with van der Waals surface area (Å²) in [4.78, 5) is 13.3. The Morgan fingerprint density at radius 2 is 2.14 bits per heavy atom. The van der Waals surface area contributed by atoms with Crippen LogP contribution in [-0.2, 0) is 4.79 Å². The lowest BCUT2D eigenvalue weighted by molar-refractivity contribution is -0.124. The zero-order valence-electron chi connectivity index (χ0n) is 12.7. The Morgan fingerprint density at radius 3 is 2.64 bits per heavy atom. The van der Waals surface area contributed by atoms with E-state index in [-0.39, 0.29) is 11.5 Å². The fourth-order valence-electron chi connectivity index (χ4n) is 1.62. The molecule has 1 aromatic rings. The summed E-state index contributed by atoms with van der Waals surface area (Å²) >= 11 is 3.41. The quantitative estimate of drug-likeness (QED) is 0.442. The summed E-state index contributed by atoms with van der Waals surface area (Å²) in [5, 5.41) is 9.15. The molecule has 0 unspecified atom stereocenters. The van der Waals surface area contributed by atoms with E-state index in [0.29, 0.717) is 28.1 Å². The summed E-state index contributed by atoms with van der Waals surface area (Å²) in [6.45, 7) is 3.94. The van der Waals surface area contributed by atoms with E-state index in [9.17, 15) is 4.79 Å². The molecule has 1 amide bonds. The first-order valence-corrected chi connectivity index (χ1v) is 7.18. The third kappa shape index (κ3) is 4.37. The maximum atomic E-state index is 11.9. The largest absolute Gasteiger partial charge is 0.493 e. The molecule has 0 N–H and O–H groups in total. The zero-order chi connectivity index (χ0) is 16.7. The highest BCUT2D eigenvalue weighted by atomic mass is 79.9. The summed E-state index contributed by atoms with van der Waals surface area (Å²) in [6.07, 6.45) is 3.14. The van der Waals surface area contributed by atoms with Gasteiger partial charge in [-0.3, -0.25) is 4.79 Å². The van der Waals surface area contributed by atoms with Gasteiger partial charge in [0.1, 0.15) is 18.2 Å². The van der Waals surface area contributed by atoms with Crippen molar-refractivity contribution in [2.45, 2.75) is 0 Å². The Bertz CT molecular complexity index is 646. The Morgan fingerprint density at radius 1 is 1.45 bits per heavy atom. The van der Waals surface area contributed by atoms with Crippen LogP contribution in [0.1, 0.15) is 5.56 Å². The maximum Gasteiger partial charge on any atom is 0.264 e. The van der Waals surface area contributed by atoms with Gasteiger partial charge in [0.2, 0.25) is 0 Å². The predicted octanol–water partition coefficient (Wildman–Crippen LogP) is 3.02. The predicted molar refractivity (Wildman–Crippen MR) is 88.7 cm³/mol. The molecule has 0 aliphatic rings. The highest BCUT2D eigenvalue weighted by Crippen LogP contribution is 2.34. The second-order valence-electron chi connectivity index (χ2n) is 4.49. The number of methoxy groups -OCH3 is 1. The molecule has 116 valence electrons. The van der Waals surface area contributed by atoms with Crippen LogP contribution in [0.5, 0.6) is 11.5 Å². The van der Waals surface area contributed by atoms with Gasteiger partial charge in [0.15, 0.2) is 11.5 Å². The van der Waals surface area contributed by atoms with Crippen LogP contribution < -0.4 is 9.47 Å². The van der Waals surface area contributed by atoms with Crippen molar-refractivity contribution < 1.29 is 14.3 Å². The smallest absolute Gasteiger partial charge is 0.264 e. The van der Waals surface area contributed by atoms with Crippen LogP contribution in [0.25, 0.3) is 6.08 Å². The SMILES string of the molecule is C=CCOc1cc(Br)c(/C=C(/C#N)C(=O)N(C)C)cc1OC. The molecule has 0 saturated carbocycles. The number of hydrogen-bond acceptors (Lipinski definition) is 4. The molecule has 1 aromatic carbocycles. The zero-order valence-corrected chi connectivity index (χ0v) is 14.3. The highest BCUT2D eigenvalue weighted by Gasteiger charge is 2.14. The van der Waals surface area contributed by atoms with Gasteiger partial charge in [-0.15, -0.1) is 0 Å². The molecule has 5 nitrogen and oxygen atoms in total. The molecule has 6 heteroatoms. The lowest BCUT2D eigenvalue weighted by Crippen LogP contribution is -2.22. The number of halogens is 1. The van der Waals surface area contributed by atoms with Gasteiger partial charge in [0, 0.05) is 18.6 Å². The Balaban J connectivity index is 3.28. The second kappa shape index (κ2) is 8.25. The van der Waals surface area contributed by atoms with Gasteiger partial charge in [0.05, 0.1) is 7.11 Å². The number of nitrogens with zero attached hydrogens (tertiary/aromatic N) is 2. The van der Waals surface area contributed by atoms with Crippen LogP contribution in [0.3, 0.4) is 0 Å². The number of rotatable bonds is 6. The first-order chi connectivity index (χ1) is 10.4. The summed E-state index contributed by atoms with van der Waals surface area (Å²) in [6, 6.07) is 5.33. The van der Waals surface area contributed by atoms with E-state index in [4.69, 9.17) is 14.7 Å². The first kappa shape index (κ1) is 17.8. The van der Waals surface area contributed by atoms with Crippen molar-refractivity contribution in [2.24, 2.45) is 0 Å². The lowest BCUT2D eigenvalue weighted by Gasteiger charge is -2.12. The van der Waals surface area contributed by atoms with Gasteiger partial charge < -0.3 is 14.4 Å². The minimum atomic E-state index is -0.361. The van der Waals surface area contributed by atoms with E-state index in [0.717, 1.165) is 0 Å². The summed E-state index contributed by atoms with van der Waals surface area (Å²) < 4.78 is 11.5. The summed E-state index contributed by atoms with van der Waals surface area (Å²) in [7, 11) is 4.71. The third-order valence-electron chi connectivity index (χ3n) is 2.70. The van der Waals surface area contributed by atoms with Crippen LogP contribution in [0.4, 0.5) is 0 Å². The van der Waals surface area contributed by atoms with Gasteiger partial charge in [-0.05, 0) is 23.8 Å². The van der Waals surface area contributed by atoms with Crippen molar-refractivity contribution >= 4 is 27.9 Å². The maximum absolute atomic E-state index is 11.9. The van der Waals surface area contributed by atoms with Gasteiger partial charge >= 0.3 is 0 Å². The number of carbonyl (C=O) groups is 1. The van der Waals surface area contributed by atoms with E-state index in [1.54, 1.807) is 32.3 Å². The molecule has 0 saturated heterocycles. The van der Waals surface area contributed by atoms with Crippen molar-refractivity contribution in [2.75, 3.05) is 27.8 Å². The first-order valence-electron chi connectivity index (χ1n) is 6.39. The van der Waals surface area contributed by atoms with E-state index in [1.165, 1.54) is 18.1 Å². The molecular weight excluding hydrogens is 348 g/mol. The molecule has 0 fully saturated rings. The molecule has 0 radical (unpaired) electrons. The van der Waals surface area contributed by atoms with Gasteiger partial charge in [-0.1, -0.05) is 28.6 Å². The number of likely N-dealkylation sites (N-methyl/N-ethyl adjacent to an activating group) is 1. The molecule has 0 aromatic heterocycles. The molecule has 0 spiro atoms. The Labute approximate surface area is 138 Å². The summed E-state index contributed by atoms with van der Waals surface area (Å²) in [5.74, 6) is 0.690. The highest BCUT2D eigenvalue weighted by molar-refractivity contribution is 9.10. The van der Waals surface area contributed by atoms with Gasteiger partial charge in [0.25, 0.3) is 5.91 Å². The van der Waals surface area contributed by atoms with Crippen LogP contribution in [0.15, 0.2) is 34.8 Å². The number of ether oxygens (including phenoxy) is 2. The van der Waals surface area contributed by atoms with Crippen molar-refractivity contribution in [3.05, 3.63) is 40.4 Å². The summed E-state index contributed by atoms with van der Waals surface area (Å²) in [5.41, 5.74) is 0.682. The monoisotopic (exact) mass is 364 g/mol.